The standard InChI is InChI=1S/C25H18FN3O4/c26-20-11-8-17(9-12-20)16-33-24-13-10-18-4-1-2-7-22(18)23(24)15-27-28-25(30)19-5-3-6-21(14-19)29(31)32/h1-15H,16H2,(H,28,30)/b27-15+. The van der Waals surface area contributed by atoms with Gasteiger partial charge in [-0.25, -0.2) is 9.82 Å². The number of nitro groups is 1. The maximum Gasteiger partial charge on any atom is 0.271 e. The second-order valence-corrected chi connectivity index (χ2v) is 7.12. The van der Waals surface area contributed by atoms with Crippen LogP contribution in [0.25, 0.3) is 10.8 Å². The van der Waals surface area contributed by atoms with E-state index in [-0.39, 0.29) is 23.7 Å². The minimum absolute atomic E-state index is 0.118. The number of nitrogens with zero attached hydrogens (tertiary/aromatic N) is 2. The van der Waals surface area contributed by atoms with Crippen LogP contribution in [0, 0.1) is 15.9 Å². The number of amides is 1. The Morgan fingerprint density at radius 1 is 1.03 bits per heavy atom. The summed E-state index contributed by atoms with van der Waals surface area (Å²) in [4.78, 5) is 22.7. The van der Waals surface area contributed by atoms with Crippen LogP contribution in [0.1, 0.15) is 21.5 Å². The number of benzene rings is 4. The Morgan fingerprint density at radius 2 is 1.82 bits per heavy atom. The first-order chi connectivity index (χ1) is 16.0. The molecule has 0 radical (unpaired) electrons. The first-order valence-corrected chi connectivity index (χ1v) is 9.98. The number of carbonyl (C=O) groups excluding carboxylic acids is 1. The number of non-ortho nitro benzene ring substituents is 1. The Kier molecular flexibility index (Phi) is 6.36. The fourth-order valence-corrected chi connectivity index (χ4v) is 3.26. The maximum atomic E-state index is 13.2. The number of ether oxygens (including phenoxy) is 1. The molecule has 0 aromatic heterocycles. The van der Waals surface area contributed by atoms with E-state index in [9.17, 15) is 19.3 Å². The highest BCUT2D eigenvalue weighted by molar-refractivity contribution is 6.03. The van der Waals surface area contributed by atoms with Gasteiger partial charge in [-0.2, -0.15) is 5.10 Å². The predicted molar refractivity (Wildman–Crippen MR) is 123 cm³/mol. The zero-order chi connectivity index (χ0) is 23.2. The lowest BCUT2D eigenvalue weighted by molar-refractivity contribution is -0.384. The number of hydrogen-bond acceptors (Lipinski definition) is 5. The third kappa shape index (κ3) is 5.19. The highest BCUT2D eigenvalue weighted by Gasteiger charge is 2.12. The van der Waals surface area contributed by atoms with Gasteiger partial charge in [0.2, 0.25) is 0 Å². The Labute approximate surface area is 188 Å². The van der Waals surface area contributed by atoms with Crippen molar-refractivity contribution in [3.63, 3.8) is 0 Å². The van der Waals surface area contributed by atoms with Gasteiger partial charge in [0.15, 0.2) is 0 Å². The average Bonchev–Trinajstić information content (AvgIpc) is 2.84. The van der Waals surface area contributed by atoms with Crippen LogP contribution in [0.5, 0.6) is 5.75 Å². The van der Waals surface area contributed by atoms with Crippen LogP contribution in [-0.4, -0.2) is 17.0 Å². The Hall–Kier alpha value is -4.59. The lowest BCUT2D eigenvalue weighted by Gasteiger charge is -2.12. The minimum atomic E-state index is -0.580. The average molecular weight is 443 g/mol. The smallest absolute Gasteiger partial charge is 0.271 e. The van der Waals surface area contributed by atoms with E-state index in [1.807, 2.05) is 30.3 Å². The van der Waals surface area contributed by atoms with Crippen LogP contribution in [-0.2, 0) is 6.61 Å². The van der Waals surface area contributed by atoms with Crippen molar-refractivity contribution in [3.8, 4) is 5.75 Å². The van der Waals surface area contributed by atoms with Crippen molar-refractivity contribution in [2.24, 2.45) is 5.10 Å². The van der Waals surface area contributed by atoms with E-state index in [1.54, 1.807) is 18.2 Å². The fourth-order valence-electron chi connectivity index (χ4n) is 3.26. The van der Waals surface area contributed by atoms with Crippen molar-refractivity contribution in [1.82, 2.24) is 5.43 Å². The van der Waals surface area contributed by atoms with Crippen molar-refractivity contribution in [2.75, 3.05) is 0 Å². The van der Waals surface area contributed by atoms with Gasteiger partial charge in [0.25, 0.3) is 11.6 Å². The minimum Gasteiger partial charge on any atom is -0.488 e. The van der Waals surface area contributed by atoms with Crippen LogP contribution in [0.3, 0.4) is 0 Å². The molecular formula is C25H18FN3O4. The molecule has 33 heavy (non-hydrogen) atoms. The Balaban J connectivity index is 1.57. The number of hydrogen-bond donors (Lipinski definition) is 1. The normalized spacial score (nSPS) is 10.9. The second-order valence-electron chi connectivity index (χ2n) is 7.12. The number of halogens is 1. The molecule has 0 aliphatic carbocycles. The fraction of sp³-hybridized carbons (Fsp3) is 0.0400. The van der Waals surface area contributed by atoms with Crippen molar-refractivity contribution >= 4 is 28.6 Å². The molecule has 0 aliphatic rings. The summed E-state index contributed by atoms with van der Waals surface area (Å²) in [7, 11) is 0. The molecular weight excluding hydrogens is 425 g/mol. The van der Waals surface area contributed by atoms with Crippen molar-refractivity contribution in [2.45, 2.75) is 6.61 Å². The van der Waals surface area contributed by atoms with E-state index >= 15 is 0 Å². The monoisotopic (exact) mass is 443 g/mol. The van der Waals surface area contributed by atoms with Gasteiger partial charge in [0.1, 0.15) is 18.2 Å². The number of nitro benzene ring substituents is 1. The molecule has 7 nitrogen and oxygen atoms in total. The highest BCUT2D eigenvalue weighted by atomic mass is 19.1. The number of hydrazone groups is 1. The Bertz CT molecular complexity index is 1350. The summed E-state index contributed by atoms with van der Waals surface area (Å²) in [5.41, 5.74) is 3.78. The summed E-state index contributed by atoms with van der Waals surface area (Å²) < 4.78 is 19.1. The molecule has 0 unspecified atom stereocenters. The van der Waals surface area contributed by atoms with Gasteiger partial charge in [0.05, 0.1) is 11.1 Å². The van der Waals surface area contributed by atoms with Gasteiger partial charge in [0, 0.05) is 23.3 Å². The molecule has 164 valence electrons. The van der Waals surface area contributed by atoms with E-state index in [4.69, 9.17) is 4.74 Å². The molecule has 4 aromatic rings. The van der Waals surface area contributed by atoms with Crippen LogP contribution < -0.4 is 10.2 Å². The maximum absolute atomic E-state index is 13.2. The zero-order valence-electron chi connectivity index (χ0n) is 17.3. The lowest BCUT2D eigenvalue weighted by Crippen LogP contribution is -2.17. The molecule has 0 aliphatic heterocycles. The van der Waals surface area contributed by atoms with Gasteiger partial charge < -0.3 is 4.74 Å². The quantitative estimate of drug-likeness (QED) is 0.240. The van der Waals surface area contributed by atoms with E-state index in [0.717, 1.165) is 16.3 Å². The van der Waals surface area contributed by atoms with Crippen molar-refractivity contribution < 1.29 is 18.8 Å². The molecule has 0 bridgehead atoms. The van der Waals surface area contributed by atoms with Gasteiger partial charge in [-0.05, 0) is 40.6 Å². The molecule has 0 fully saturated rings. The van der Waals surface area contributed by atoms with Gasteiger partial charge in [-0.3, -0.25) is 14.9 Å². The third-order valence-corrected chi connectivity index (χ3v) is 4.92. The lowest BCUT2D eigenvalue weighted by atomic mass is 10.0. The molecule has 1 amide bonds. The molecule has 0 saturated carbocycles. The summed E-state index contributed by atoms with van der Waals surface area (Å²) in [5.74, 6) is -0.368. The van der Waals surface area contributed by atoms with E-state index in [0.29, 0.717) is 11.3 Å². The number of carbonyl (C=O) groups is 1. The number of nitrogens with one attached hydrogen (secondary N) is 1. The van der Waals surface area contributed by atoms with Crippen LogP contribution in [0.2, 0.25) is 0 Å². The van der Waals surface area contributed by atoms with Gasteiger partial charge >= 0.3 is 0 Å². The van der Waals surface area contributed by atoms with Crippen LogP contribution >= 0.6 is 0 Å². The predicted octanol–water partition coefficient (Wildman–Crippen LogP) is 5.23. The Morgan fingerprint density at radius 3 is 2.61 bits per heavy atom. The second kappa shape index (κ2) is 9.69. The van der Waals surface area contributed by atoms with E-state index in [1.165, 1.54) is 42.6 Å². The zero-order valence-corrected chi connectivity index (χ0v) is 17.3. The van der Waals surface area contributed by atoms with E-state index < -0.39 is 10.8 Å². The molecule has 0 atom stereocenters. The van der Waals surface area contributed by atoms with Crippen LogP contribution in [0.4, 0.5) is 10.1 Å². The van der Waals surface area contributed by atoms with Crippen LogP contribution in [0.15, 0.2) is 90.0 Å². The molecule has 0 saturated heterocycles. The molecule has 4 rings (SSSR count). The van der Waals surface area contributed by atoms with Crippen molar-refractivity contribution in [1.29, 1.82) is 0 Å². The summed E-state index contributed by atoms with van der Waals surface area (Å²) in [6, 6.07) is 22.8. The molecule has 0 heterocycles. The molecule has 8 heteroatoms. The largest absolute Gasteiger partial charge is 0.488 e. The molecule has 0 spiro atoms. The molecule has 1 N–H and O–H groups in total. The number of fused-ring (bicyclic) bond motifs is 1. The van der Waals surface area contributed by atoms with E-state index in [2.05, 4.69) is 10.5 Å². The summed E-state index contributed by atoms with van der Waals surface area (Å²) in [6.45, 7) is 0.222. The number of rotatable bonds is 7. The van der Waals surface area contributed by atoms with Gasteiger partial charge in [-0.1, -0.05) is 48.5 Å². The highest BCUT2D eigenvalue weighted by Crippen LogP contribution is 2.27. The first-order valence-electron chi connectivity index (χ1n) is 9.98. The summed E-state index contributed by atoms with van der Waals surface area (Å²) in [5, 5.41) is 16.8. The summed E-state index contributed by atoms with van der Waals surface area (Å²) >= 11 is 0. The summed E-state index contributed by atoms with van der Waals surface area (Å²) in [6.07, 6.45) is 1.47. The van der Waals surface area contributed by atoms with Gasteiger partial charge in [-0.15, -0.1) is 0 Å². The topological polar surface area (TPSA) is 93.8 Å². The third-order valence-electron chi connectivity index (χ3n) is 4.92. The first kappa shape index (κ1) is 21.6. The van der Waals surface area contributed by atoms with Crippen molar-refractivity contribution in [3.05, 3.63) is 118 Å². The molecule has 4 aromatic carbocycles. The SMILES string of the molecule is O=C(N/N=C/c1c(OCc2ccc(F)cc2)ccc2ccccc12)c1cccc([N+](=O)[O-])c1.